The quantitative estimate of drug-likeness (QED) is 0.685. The van der Waals surface area contributed by atoms with Crippen molar-refractivity contribution in [2.45, 2.75) is 33.2 Å². The van der Waals surface area contributed by atoms with Gasteiger partial charge in [0.25, 0.3) is 5.91 Å². The van der Waals surface area contributed by atoms with Crippen molar-refractivity contribution in [3.8, 4) is 11.3 Å². The largest absolute Gasteiger partial charge is 0.480 e. The van der Waals surface area contributed by atoms with Crippen molar-refractivity contribution in [3.63, 3.8) is 0 Å². The van der Waals surface area contributed by atoms with Gasteiger partial charge in [-0.15, -0.1) is 0 Å². The lowest BCUT2D eigenvalue weighted by atomic mass is 9.98. The molecule has 0 saturated heterocycles. The SMILES string of the molecule is CC[C@H](C)[C@H](NC(=O)c1cc(-c2ccccc2)nc2c1c(C)nn2C)C(=O)O. The highest BCUT2D eigenvalue weighted by Crippen LogP contribution is 2.27. The Bertz CT molecular complexity index is 1030. The summed E-state index contributed by atoms with van der Waals surface area (Å²) in [6, 6.07) is 10.3. The number of benzene rings is 1. The van der Waals surface area contributed by atoms with Gasteiger partial charge in [-0.1, -0.05) is 50.6 Å². The number of nitrogens with zero attached hydrogens (tertiary/aromatic N) is 3. The van der Waals surface area contributed by atoms with Gasteiger partial charge in [0.05, 0.1) is 22.3 Å². The molecule has 2 N–H and O–H groups in total. The van der Waals surface area contributed by atoms with Crippen LogP contribution in [0, 0.1) is 12.8 Å². The van der Waals surface area contributed by atoms with Crippen molar-refractivity contribution in [1.29, 1.82) is 0 Å². The van der Waals surface area contributed by atoms with Gasteiger partial charge in [0, 0.05) is 12.6 Å². The molecule has 0 bridgehead atoms. The molecule has 0 aliphatic rings. The van der Waals surface area contributed by atoms with Crippen molar-refractivity contribution in [3.05, 3.63) is 47.7 Å². The van der Waals surface area contributed by atoms with Crippen LogP contribution in [0.1, 0.15) is 36.3 Å². The molecular formula is C21H24N4O3. The Morgan fingerprint density at radius 1 is 1.25 bits per heavy atom. The predicted molar refractivity (Wildman–Crippen MR) is 107 cm³/mol. The fourth-order valence-corrected chi connectivity index (χ4v) is 3.28. The number of pyridine rings is 1. The summed E-state index contributed by atoms with van der Waals surface area (Å²) in [5, 5.41) is 17.2. The van der Waals surface area contributed by atoms with E-state index in [4.69, 9.17) is 0 Å². The molecule has 0 saturated carbocycles. The van der Waals surface area contributed by atoms with Crippen molar-refractivity contribution in [1.82, 2.24) is 20.1 Å². The van der Waals surface area contributed by atoms with Crippen LogP contribution in [0.3, 0.4) is 0 Å². The number of aryl methyl sites for hydroxylation is 2. The van der Waals surface area contributed by atoms with Gasteiger partial charge in [-0.2, -0.15) is 5.10 Å². The van der Waals surface area contributed by atoms with Crippen molar-refractivity contribution in [2.24, 2.45) is 13.0 Å². The highest BCUT2D eigenvalue weighted by atomic mass is 16.4. The number of amides is 1. The van der Waals surface area contributed by atoms with E-state index in [1.54, 1.807) is 17.8 Å². The number of hydrogen-bond donors (Lipinski definition) is 2. The van der Waals surface area contributed by atoms with Crippen LogP contribution in [-0.4, -0.2) is 37.8 Å². The second-order valence-corrected chi connectivity index (χ2v) is 7.00. The third kappa shape index (κ3) is 3.60. The first-order chi connectivity index (χ1) is 13.3. The lowest BCUT2D eigenvalue weighted by Gasteiger charge is -2.20. The number of rotatable bonds is 6. The van der Waals surface area contributed by atoms with E-state index in [1.807, 2.05) is 51.1 Å². The van der Waals surface area contributed by atoms with E-state index in [0.29, 0.717) is 34.4 Å². The number of hydrogen-bond acceptors (Lipinski definition) is 4. The van der Waals surface area contributed by atoms with Gasteiger partial charge in [0.15, 0.2) is 5.65 Å². The van der Waals surface area contributed by atoms with E-state index in [2.05, 4.69) is 15.4 Å². The van der Waals surface area contributed by atoms with Gasteiger partial charge >= 0.3 is 5.97 Å². The summed E-state index contributed by atoms with van der Waals surface area (Å²) in [7, 11) is 1.78. The van der Waals surface area contributed by atoms with Crippen molar-refractivity contribution in [2.75, 3.05) is 0 Å². The van der Waals surface area contributed by atoms with E-state index in [0.717, 1.165) is 5.56 Å². The average molecular weight is 380 g/mol. The summed E-state index contributed by atoms with van der Waals surface area (Å²) in [6.07, 6.45) is 0.643. The van der Waals surface area contributed by atoms with Gasteiger partial charge in [-0.05, 0) is 18.9 Å². The number of fused-ring (bicyclic) bond motifs is 1. The Balaban J connectivity index is 2.13. The molecule has 0 fully saturated rings. The second kappa shape index (κ2) is 7.80. The Morgan fingerprint density at radius 2 is 1.93 bits per heavy atom. The third-order valence-corrected chi connectivity index (χ3v) is 5.05. The molecule has 2 atom stereocenters. The van der Waals surface area contributed by atoms with E-state index in [1.165, 1.54) is 0 Å². The molecule has 1 amide bonds. The molecule has 3 rings (SSSR count). The Morgan fingerprint density at radius 3 is 2.54 bits per heavy atom. The minimum atomic E-state index is -1.04. The fraction of sp³-hybridized carbons (Fsp3) is 0.333. The molecule has 0 spiro atoms. The molecule has 0 aliphatic heterocycles. The standard InChI is InChI=1S/C21H24N4O3/c1-5-12(2)18(21(27)28)23-20(26)15-11-16(14-9-7-6-8-10-14)22-19-17(15)13(3)24-25(19)4/h6-12,18H,5H2,1-4H3,(H,23,26)(H,27,28)/t12-,18-/m0/s1. The molecule has 1 aromatic carbocycles. The van der Waals surface area contributed by atoms with Gasteiger partial charge in [-0.3, -0.25) is 9.48 Å². The Hall–Kier alpha value is -3.22. The molecular weight excluding hydrogens is 356 g/mol. The molecule has 28 heavy (non-hydrogen) atoms. The lowest BCUT2D eigenvalue weighted by Crippen LogP contribution is -2.45. The first kappa shape index (κ1) is 19.5. The third-order valence-electron chi connectivity index (χ3n) is 5.05. The van der Waals surface area contributed by atoms with Crippen LogP contribution in [-0.2, 0) is 11.8 Å². The summed E-state index contributed by atoms with van der Waals surface area (Å²) in [4.78, 5) is 29.4. The zero-order chi connectivity index (χ0) is 20.4. The summed E-state index contributed by atoms with van der Waals surface area (Å²) in [6.45, 7) is 5.52. The van der Waals surface area contributed by atoms with Crippen LogP contribution in [0.15, 0.2) is 36.4 Å². The molecule has 2 aromatic heterocycles. The monoisotopic (exact) mass is 380 g/mol. The van der Waals surface area contributed by atoms with E-state index >= 15 is 0 Å². The maximum absolute atomic E-state index is 13.1. The molecule has 2 heterocycles. The minimum Gasteiger partial charge on any atom is -0.480 e. The number of carbonyl (C=O) groups is 2. The molecule has 0 aliphatic carbocycles. The second-order valence-electron chi connectivity index (χ2n) is 7.00. The molecule has 146 valence electrons. The Kier molecular flexibility index (Phi) is 5.44. The lowest BCUT2D eigenvalue weighted by molar-refractivity contribution is -0.140. The normalized spacial score (nSPS) is 13.3. The van der Waals surface area contributed by atoms with Crippen LogP contribution < -0.4 is 5.32 Å². The van der Waals surface area contributed by atoms with Crippen LogP contribution in [0.2, 0.25) is 0 Å². The van der Waals surface area contributed by atoms with Crippen molar-refractivity contribution >= 4 is 22.9 Å². The number of nitrogens with one attached hydrogen (secondary N) is 1. The maximum atomic E-state index is 13.1. The molecule has 7 heteroatoms. The number of carboxylic acid groups (broad SMARTS) is 1. The first-order valence-electron chi connectivity index (χ1n) is 9.26. The first-order valence-corrected chi connectivity index (χ1v) is 9.26. The molecule has 0 unspecified atom stereocenters. The van der Waals surface area contributed by atoms with Gasteiger partial charge in [-0.25, -0.2) is 9.78 Å². The summed E-state index contributed by atoms with van der Waals surface area (Å²) >= 11 is 0. The van der Waals surface area contributed by atoms with E-state index in [-0.39, 0.29) is 5.92 Å². The highest BCUT2D eigenvalue weighted by Gasteiger charge is 2.27. The Labute approximate surface area is 163 Å². The molecule has 0 radical (unpaired) electrons. The van der Waals surface area contributed by atoms with E-state index in [9.17, 15) is 14.7 Å². The smallest absolute Gasteiger partial charge is 0.326 e. The van der Waals surface area contributed by atoms with Crippen LogP contribution in [0.5, 0.6) is 0 Å². The summed E-state index contributed by atoms with van der Waals surface area (Å²) in [5.74, 6) is -1.67. The van der Waals surface area contributed by atoms with E-state index < -0.39 is 17.9 Å². The number of aromatic nitrogens is 3. The van der Waals surface area contributed by atoms with Crippen LogP contribution in [0.25, 0.3) is 22.3 Å². The summed E-state index contributed by atoms with van der Waals surface area (Å²) < 4.78 is 1.64. The average Bonchev–Trinajstić information content (AvgIpc) is 2.98. The van der Waals surface area contributed by atoms with Gasteiger partial charge in [0.2, 0.25) is 0 Å². The number of carboxylic acids is 1. The fourth-order valence-electron chi connectivity index (χ4n) is 3.28. The van der Waals surface area contributed by atoms with Gasteiger partial charge < -0.3 is 10.4 Å². The van der Waals surface area contributed by atoms with Gasteiger partial charge in [0.1, 0.15) is 6.04 Å². The number of aliphatic carboxylic acids is 1. The zero-order valence-corrected chi connectivity index (χ0v) is 16.4. The minimum absolute atomic E-state index is 0.192. The predicted octanol–water partition coefficient (Wildman–Crippen LogP) is 3.17. The maximum Gasteiger partial charge on any atom is 0.326 e. The summed E-state index contributed by atoms with van der Waals surface area (Å²) in [5.41, 5.74) is 3.14. The number of carbonyl (C=O) groups excluding carboxylic acids is 1. The zero-order valence-electron chi connectivity index (χ0n) is 16.4. The van der Waals surface area contributed by atoms with Crippen LogP contribution >= 0.6 is 0 Å². The van der Waals surface area contributed by atoms with Crippen molar-refractivity contribution < 1.29 is 14.7 Å². The molecule has 7 nitrogen and oxygen atoms in total. The molecule has 3 aromatic rings. The highest BCUT2D eigenvalue weighted by molar-refractivity contribution is 6.08. The van der Waals surface area contributed by atoms with Crippen LogP contribution in [0.4, 0.5) is 0 Å². The topological polar surface area (TPSA) is 97.1 Å².